The molecule has 4 N–H and O–H groups in total. The smallest absolute Gasteiger partial charge is 0.212 e. The number of benzene rings is 1. The van der Waals surface area contributed by atoms with E-state index in [2.05, 4.69) is 26.3 Å². The summed E-state index contributed by atoms with van der Waals surface area (Å²) < 4.78 is 2.01. The van der Waals surface area contributed by atoms with Crippen LogP contribution in [-0.2, 0) is 0 Å². The number of fused-ring (bicyclic) bond motifs is 3. The lowest BCUT2D eigenvalue weighted by Crippen LogP contribution is -2.31. The van der Waals surface area contributed by atoms with Gasteiger partial charge in [-0.1, -0.05) is 12.1 Å². The Morgan fingerprint density at radius 2 is 2.09 bits per heavy atom. The van der Waals surface area contributed by atoms with Crippen molar-refractivity contribution in [1.29, 1.82) is 5.26 Å². The van der Waals surface area contributed by atoms with Crippen LogP contribution in [0.1, 0.15) is 28.7 Å². The summed E-state index contributed by atoms with van der Waals surface area (Å²) >= 11 is 0. The molecule has 4 rings (SSSR count). The van der Waals surface area contributed by atoms with Crippen LogP contribution in [0.2, 0.25) is 0 Å². The van der Waals surface area contributed by atoms with Crippen LogP contribution < -0.4 is 11.1 Å². The molecule has 0 unspecified atom stereocenters. The Bertz CT molecular complexity index is 1000. The first-order valence-electron chi connectivity index (χ1n) is 7.26. The van der Waals surface area contributed by atoms with Gasteiger partial charge >= 0.3 is 0 Å². The predicted molar refractivity (Wildman–Crippen MR) is 88.1 cm³/mol. The number of nitriles is 1. The Morgan fingerprint density at radius 3 is 2.83 bits per heavy atom. The number of aryl methyl sites for hydroxylation is 1. The van der Waals surface area contributed by atoms with Crippen molar-refractivity contribution >= 4 is 22.9 Å². The molecule has 0 radical (unpaired) electrons. The molecule has 0 saturated carbocycles. The summed E-state index contributed by atoms with van der Waals surface area (Å²) in [4.78, 5) is 12.3. The van der Waals surface area contributed by atoms with Crippen molar-refractivity contribution in [3.05, 3.63) is 46.8 Å². The van der Waals surface area contributed by atoms with E-state index in [1.807, 2.05) is 42.7 Å². The molecule has 0 fully saturated rings. The summed E-state index contributed by atoms with van der Waals surface area (Å²) in [6, 6.07) is 10.0. The van der Waals surface area contributed by atoms with E-state index in [4.69, 9.17) is 5.73 Å². The number of H-pyrrole nitrogens is 1. The summed E-state index contributed by atoms with van der Waals surface area (Å²) in [6.45, 7) is 3.86. The summed E-state index contributed by atoms with van der Waals surface area (Å²) in [6.07, 6.45) is -0.350. The molecule has 0 spiro atoms. The third-order valence-electron chi connectivity index (χ3n) is 4.21. The minimum atomic E-state index is -0.350. The van der Waals surface area contributed by atoms with Crippen LogP contribution in [0.25, 0.3) is 11.0 Å². The van der Waals surface area contributed by atoms with Crippen molar-refractivity contribution in [1.82, 2.24) is 14.5 Å². The number of guanidine groups is 1. The Kier molecular flexibility index (Phi) is 2.69. The van der Waals surface area contributed by atoms with Crippen molar-refractivity contribution in [2.75, 3.05) is 5.32 Å². The quantitative estimate of drug-likeness (QED) is 0.640. The second-order valence-electron chi connectivity index (χ2n) is 5.58. The normalized spacial score (nSPS) is 16.6. The van der Waals surface area contributed by atoms with Crippen LogP contribution in [0.15, 0.2) is 29.3 Å². The fourth-order valence-corrected chi connectivity index (χ4v) is 3.17. The molecule has 1 aliphatic heterocycles. The van der Waals surface area contributed by atoms with Gasteiger partial charge in [-0.15, -0.1) is 0 Å². The Morgan fingerprint density at radius 1 is 1.30 bits per heavy atom. The van der Waals surface area contributed by atoms with Gasteiger partial charge in [0.05, 0.1) is 11.0 Å². The first-order chi connectivity index (χ1) is 11.1. The first-order valence-corrected chi connectivity index (χ1v) is 7.26. The van der Waals surface area contributed by atoms with E-state index < -0.39 is 0 Å². The molecule has 0 saturated heterocycles. The van der Waals surface area contributed by atoms with Gasteiger partial charge < -0.3 is 10.7 Å². The van der Waals surface area contributed by atoms with Gasteiger partial charge in [0.25, 0.3) is 0 Å². The van der Waals surface area contributed by atoms with Crippen molar-refractivity contribution in [3.8, 4) is 6.07 Å². The molecule has 1 aromatic carbocycles. The van der Waals surface area contributed by atoms with Crippen molar-refractivity contribution in [2.45, 2.75) is 20.0 Å². The molecule has 0 bridgehead atoms. The number of imidazole rings is 1. The fraction of sp³-hybridized carbons (Fsp3) is 0.188. The third-order valence-corrected chi connectivity index (χ3v) is 4.21. The molecule has 7 nitrogen and oxygen atoms in total. The van der Waals surface area contributed by atoms with Crippen molar-refractivity contribution in [2.24, 2.45) is 10.7 Å². The average molecular weight is 305 g/mol. The monoisotopic (exact) mass is 305 g/mol. The van der Waals surface area contributed by atoms with Crippen LogP contribution in [0.4, 0.5) is 5.95 Å². The highest BCUT2D eigenvalue weighted by molar-refractivity contribution is 5.94. The lowest BCUT2D eigenvalue weighted by Gasteiger charge is -2.24. The second-order valence-corrected chi connectivity index (χ2v) is 5.58. The van der Waals surface area contributed by atoms with E-state index in [1.54, 1.807) is 0 Å². The maximum atomic E-state index is 9.26. The van der Waals surface area contributed by atoms with E-state index in [1.165, 1.54) is 0 Å². The predicted octanol–water partition coefficient (Wildman–Crippen LogP) is 2.14. The Balaban J connectivity index is 2.02. The van der Waals surface area contributed by atoms with Gasteiger partial charge in [-0.25, -0.2) is 9.98 Å². The van der Waals surface area contributed by atoms with E-state index in [-0.39, 0.29) is 6.17 Å². The summed E-state index contributed by atoms with van der Waals surface area (Å²) in [5.41, 5.74) is 11.1. The summed E-state index contributed by atoms with van der Waals surface area (Å²) in [5.74, 6) is 0.971. The van der Waals surface area contributed by atoms with Crippen LogP contribution >= 0.6 is 0 Å². The molecule has 1 atom stereocenters. The maximum Gasteiger partial charge on any atom is 0.212 e. The number of aromatic amines is 1. The standard InChI is InChI=1S/C16H15N7/c1-8-11(7-17)19-9(2)13(8)14-21-15(18)22-16-20-10-5-3-4-6-12(10)23(14)16/h3-6,14,19H,1-2H3,(H3,18,20,21,22)/t14-/m1/s1. The minimum absolute atomic E-state index is 0.316. The van der Waals surface area contributed by atoms with Gasteiger partial charge in [-0.3, -0.25) is 9.88 Å². The van der Waals surface area contributed by atoms with Crippen molar-refractivity contribution < 1.29 is 0 Å². The van der Waals surface area contributed by atoms with Gasteiger partial charge in [0.1, 0.15) is 11.8 Å². The zero-order chi connectivity index (χ0) is 16.1. The zero-order valence-corrected chi connectivity index (χ0v) is 12.8. The second kappa shape index (κ2) is 4.61. The number of aromatic nitrogens is 3. The Hall–Kier alpha value is -3.27. The number of nitrogens with two attached hydrogens (primary N) is 1. The lowest BCUT2D eigenvalue weighted by molar-refractivity contribution is 0.620. The highest BCUT2D eigenvalue weighted by atomic mass is 15.4. The van der Waals surface area contributed by atoms with Gasteiger partial charge in [-0.05, 0) is 31.5 Å². The molecule has 1 aliphatic rings. The lowest BCUT2D eigenvalue weighted by atomic mass is 10.1. The summed E-state index contributed by atoms with van der Waals surface area (Å²) in [7, 11) is 0. The van der Waals surface area contributed by atoms with Crippen LogP contribution in [-0.4, -0.2) is 20.5 Å². The molecule has 114 valence electrons. The zero-order valence-electron chi connectivity index (χ0n) is 12.8. The van der Waals surface area contributed by atoms with Gasteiger partial charge in [0.15, 0.2) is 12.1 Å². The van der Waals surface area contributed by atoms with Crippen molar-refractivity contribution in [3.63, 3.8) is 0 Å². The van der Waals surface area contributed by atoms with Crippen LogP contribution in [0.5, 0.6) is 0 Å². The van der Waals surface area contributed by atoms with Gasteiger partial charge in [0, 0.05) is 11.3 Å². The number of nitrogens with one attached hydrogen (secondary N) is 2. The molecular formula is C16H15N7. The SMILES string of the molecule is Cc1[nH]c(C#N)c(C)c1[C@@H]1N=C(N)Nc2nc3ccccc3n21. The number of rotatable bonds is 1. The molecule has 2 aromatic heterocycles. The highest BCUT2D eigenvalue weighted by Gasteiger charge is 2.29. The topological polar surface area (TPSA) is 108 Å². The van der Waals surface area contributed by atoms with Gasteiger partial charge in [-0.2, -0.15) is 5.26 Å². The molecule has 0 amide bonds. The molecule has 7 heteroatoms. The largest absolute Gasteiger partial charge is 0.370 e. The molecule has 3 heterocycles. The number of hydrogen-bond acceptors (Lipinski definition) is 5. The van der Waals surface area contributed by atoms with Crippen LogP contribution in [0.3, 0.4) is 0 Å². The maximum absolute atomic E-state index is 9.26. The summed E-state index contributed by atoms with van der Waals surface area (Å²) in [5, 5.41) is 12.3. The Labute approximate surface area is 132 Å². The number of hydrogen-bond donors (Lipinski definition) is 3. The number of para-hydroxylation sites is 2. The van der Waals surface area contributed by atoms with E-state index in [9.17, 15) is 5.26 Å². The molecule has 0 aliphatic carbocycles. The molecule has 23 heavy (non-hydrogen) atoms. The van der Waals surface area contributed by atoms with Crippen LogP contribution in [0, 0.1) is 25.2 Å². The van der Waals surface area contributed by atoms with Gasteiger partial charge in [0.2, 0.25) is 5.95 Å². The highest BCUT2D eigenvalue weighted by Crippen LogP contribution is 2.35. The number of aliphatic imine (C=N–C) groups is 1. The fourth-order valence-electron chi connectivity index (χ4n) is 3.17. The van der Waals surface area contributed by atoms with E-state index in [0.29, 0.717) is 17.6 Å². The number of anilines is 1. The molecular weight excluding hydrogens is 290 g/mol. The van der Waals surface area contributed by atoms with E-state index in [0.717, 1.165) is 27.9 Å². The minimum Gasteiger partial charge on any atom is -0.370 e. The number of nitrogens with zero attached hydrogens (tertiary/aromatic N) is 4. The van der Waals surface area contributed by atoms with E-state index >= 15 is 0 Å². The first kappa shape index (κ1) is 13.4. The average Bonchev–Trinajstić information content (AvgIpc) is 3.03. The molecule has 3 aromatic rings. The third kappa shape index (κ3) is 1.82.